The van der Waals surface area contributed by atoms with E-state index in [0.717, 1.165) is 6.42 Å². The quantitative estimate of drug-likeness (QED) is 0.688. The molecule has 0 heterocycles. The Labute approximate surface area is 94.6 Å². The van der Waals surface area contributed by atoms with Crippen LogP contribution in [0, 0.1) is 16.7 Å². The Hall–Kier alpha value is -0.300. The molecular weight excluding hydrogens is 184 g/mol. The lowest BCUT2D eigenvalue weighted by atomic mass is 9.57. The first-order chi connectivity index (χ1) is 6.81. The molecule has 1 heteroatoms. The molecule has 15 heavy (non-hydrogen) atoms. The van der Waals surface area contributed by atoms with E-state index in [1.165, 1.54) is 12.8 Å². The molecule has 0 saturated heterocycles. The van der Waals surface area contributed by atoms with Crippen LogP contribution in [0.4, 0.5) is 0 Å². The van der Waals surface area contributed by atoms with E-state index in [1.807, 2.05) is 0 Å². The Morgan fingerprint density at radius 2 is 1.87 bits per heavy atom. The fourth-order valence-electron chi connectivity index (χ4n) is 2.80. The Morgan fingerprint density at radius 1 is 1.27 bits per heavy atom. The number of allylic oxidation sites excluding steroid dienone is 1. The standard InChI is InChI=1S/C14H26O/c1-11(2)12(15)14(13(3,4)5)9-7-6-8-10-14/h7,9,11-12,15H,6,8,10H2,1-5H3. The van der Waals surface area contributed by atoms with Gasteiger partial charge in [0.15, 0.2) is 0 Å². The van der Waals surface area contributed by atoms with Crippen molar-refractivity contribution in [3.63, 3.8) is 0 Å². The van der Waals surface area contributed by atoms with Gasteiger partial charge in [-0.05, 0) is 30.6 Å². The molecule has 1 aliphatic carbocycles. The van der Waals surface area contributed by atoms with Crippen LogP contribution < -0.4 is 0 Å². The molecule has 0 bridgehead atoms. The maximum absolute atomic E-state index is 10.5. The second kappa shape index (κ2) is 4.29. The summed E-state index contributed by atoms with van der Waals surface area (Å²) in [6.45, 7) is 11.0. The molecule has 2 unspecified atom stereocenters. The molecule has 0 aromatic heterocycles. The summed E-state index contributed by atoms with van der Waals surface area (Å²) in [7, 11) is 0. The SMILES string of the molecule is CC(C)C(O)C1(C(C)(C)C)C=CCCC1. The zero-order valence-corrected chi connectivity index (χ0v) is 10.9. The molecule has 0 aromatic rings. The van der Waals surface area contributed by atoms with Gasteiger partial charge in [0.25, 0.3) is 0 Å². The van der Waals surface area contributed by atoms with Gasteiger partial charge in [-0.1, -0.05) is 46.8 Å². The molecule has 0 saturated carbocycles. The normalized spacial score (nSPS) is 29.5. The Balaban J connectivity index is 3.06. The topological polar surface area (TPSA) is 20.2 Å². The zero-order valence-electron chi connectivity index (χ0n) is 10.9. The Bertz CT molecular complexity index is 234. The summed E-state index contributed by atoms with van der Waals surface area (Å²) >= 11 is 0. The highest BCUT2D eigenvalue weighted by Crippen LogP contribution is 2.50. The molecule has 0 aromatic carbocycles. The highest BCUT2D eigenvalue weighted by molar-refractivity contribution is 5.12. The summed E-state index contributed by atoms with van der Waals surface area (Å²) in [4.78, 5) is 0. The first-order valence-electron chi connectivity index (χ1n) is 6.17. The van der Waals surface area contributed by atoms with Crippen molar-refractivity contribution in [3.8, 4) is 0 Å². The molecule has 1 aliphatic rings. The number of hydrogen-bond acceptors (Lipinski definition) is 1. The van der Waals surface area contributed by atoms with Crippen molar-refractivity contribution in [2.75, 3.05) is 0 Å². The van der Waals surface area contributed by atoms with Crippen LogP contribution in [-0.2, 0) is 0 Å². The highest BCUT2D eigenvalue weighted by Gasteiger charge is 2.46. The molecule has 0 radical (unpaired) electrons. The predicted molar refractivity (Wildman–Crippen MR) is 65.7 cm³/mol. The van der Waals surface area contributed by atoms with E-state index in [9.17, 15) is 5.11 Å². The van der Waals surface area contributed by atoms with Gasteiger partial charge < -0.3 is 5.11 Å². The van der Waals surface area contributed by atoms with E-state index in [0.29, 0.717) is 5.92 Å². The molecular formula is C14H26O. The Morgan fingerprint density at radius 3 is 2.20 bits per heavy atom. The maximum Gasteiger partial charge on any atom is 0.0658 e. The molecule has 1 nitrogen and oxygen atoms in total. The summed E-state index contributed by atoms with van der Waals surface area (Å²) < 4.78 is 0. The molecule has 0 fully saturated rings. The third-order valence-electron chi connectivity index (χ3n) is 3.93. The number of aliphatic hydroxyl groups excluding tert-OH is 1. The minimum atomic E-state index is -0.228. The van der Waals surface area contributed by atoms with Gasteiger partial charge in [-0.2, -0.15) is 0 Å². The summed E-state index contributed by atoms with van der Waals surface area (Å²) in [6, 6.07) is 0. The highest BCUT2D eigenvalue weighted by atomic mass is 16.3. The van der Waals surface area contributed by atoms with Gasteiger partial charge in [-0.3, -0.25) is 0 Å². The maximum atomic E-state index is 10.5. The minimum absolute atomic E-state index is 0.0284. The van der Waals surface area contributed by atoms with Crippen LogP contribution in [-0.4, -0.2) is 11.2 Å². The molecule has 2 atom stereocenters. The van der Waals surface area contributed by atoms with Crippen molar-refractivity contribution in [1.29, 1.82) is 0 Å². The van der Waals surface area contributed by atoms with Crippen molar-refractivity contribution in [3.05, 3.63) is 12.2 Å². The zero-order chi connectivity index (χ0) is 11.7. The van der Waals surface area contributed by atoms with E-state index >= 15 is 0 Å². The second-order valence-electron chi connectivity index (χ2n) is 6.27. The monoisotopic (exact) mass is 210 g/mol. The van der Waals surface area contributed by atoms with Crippen molar-refractivity contribution in [2.45, 2.75) is 60.0 Å². The lowest BCUT2D eigenvalue weighted by Gasteiger charge is -2.49. The Kier molecular flexibility index (Phi) is 3.65. The number of hydrogen-bond donors (Lipinski definition) is 1. The summed E-state index contributed by atoms with van der Waals surface area (Å²) in [6.07, 6.45) is 7.79. The van der Waals surface area contributed by atoms with Crippen LogP contribution in [0.1, 0.15) is 53.9 Å². The number of aliphatic hydroxyl groups is 1. The van der Waals surface area contributed by atoms with Crippen molar-refractivity contribution < 1.29 is 5.11 Å². The molecule has 0 spiro atoms. The van der Waals surface area contributed by atoms with Gasteiger partial charge in [-0.25, -0.2) is 0 Å². The molecule has 0 aliphatic heterocycles. The van der Waals surface area contributed by atoms with Crippen LogP contribution in [0.2, 0.25) is 0 Å². The largest absolute Gasteiger partial charge is 0.392 e. The average Bonchev–Trinajstić information content (AvgIpc) is 2.16. The number of rotatable bonds is 2. The van der Waals surface area contributed by atoms with E-state index in [4.69, 9.17) is 0 Å². The van der Waals surface area contributed by atoms with E-state index in [-0.39, 0.29) is 16.9 Å². The molecule has 1 rings (SSSR count). The van der Waals surface area contributed by atoms with Gasteiger partial charge in [0.1, 0.15) is 0 Å². The van der Waals surface area contributed by atoms with Gasteiger partial charge >= 0.3 is 0 Å². The summed E-state index contributed by atoms with van der Waals surface area (Å²) in [5.41, 5.74) is 0.104. The van der Waals surface area contributed by atoms with E-state index < -0.39 is 0 Å². The fourth-order valence-corrected chi connectivity index (χ4v) is 2.80. The van der Waals surface area contributed by atoms with Gasteiger partial charge in [0.2, 0.25) is 0 Å². The first kappa shape index (κ1) is 12.8. The molecule has 1 N–H and O–H groups in total. The third-order valence-corrected chi connectivity index (χ3v) is 3.93. The first-order valence-corrected chi connectivity index (χ1v) is 6.17. The lowest BCUT2D eigenvalue weighted by Crippen LogP contribution is -2.47. The smallest absolute Gasteiger partial charge is 0.0658 e. The average molecular weight is 210 g/mol. The van der Waals surface area contributed by atoms with Crippen LogP contribution in [0.5, 0.6) is 0 Å². The van der Waals surface area contributed by atoms with E-state index in [2.05, 4.69) is 46.8 Å². The second-order valence-corrected chi connectivity index (χ2v) is 6.27. The van der Waals surface area contributed by atoms with E-state index in [1.54, 1.807) is 0 Å². The van der Waals surface area contributed by atoms with Gasteiger partial charge in [-0.15, -0.1) is 0 Å². The fraction of sp³-hybridized carbons (Fsp3) is 0.857. The lowest BCUT2D eigenvalue weighted by molar-refractivity contribution is -0.0534. The summed E-state index contributed by atoms with van der Waals surface area (Å²) in [5.74, 6) is 0.326. The van der Waals surface area contributed by atoms with Crippen molar-refractivity contribution in [1.82, 2.24) is 0 Å². The van der Waals surface area contributed by atoms with Crippen molar-refractivity contribution in [2.24, 2.45) is 16.7 Å². The van der Waals surface area contributed by atoms with Gasteiger partial charge in [0, 0.05) is 5.41 Å². The predicted octanol–water partition coefficient (Wildman–Crippen LogP) is 3.78. The van der Waals surface area contributed by atoms with Crippen molar-refractivity contribution >= 4 is 0 Å². The summed E-state index contributed by atoms with van der Waals surface area (Å²) in [5, 5.41) is 10.5. The minimum Gasteiger partial charge on any atom is -0.392 e. The molecule has 0 amide bonds. The third kappa shape index (κ3) is 2.28. The van der Waals surface area contributed by atoms with Crippen LogP contribution in [0.3, 0.4) is 0 Å². The van der Waals surface area contributed by atoms with Crippen LogP contribution >= 0.6 is 0 Å². The van der Waals surface area contributed by atoms with Crippen LogP contribution in [0.25, 0.3) is 0 Å². The van der Waals surface area contributed by atoms with Crippen LogP contribution in [0.15, 0.2) is 12.2 Å². The molecule has 88 valence electrons. The van der Waals surface area contributed by atoms with Gasteiger partial charge in [0.05, 0.1) is 6.10 Å².